The molecule has 0 atom stereocenters. The van der Waals surface area contributed by atoms with Crippen LogP contribution in [0.1, 0.15) is 21.9 Å². The molecule has 0 radical (unpaired) electrons. The van der Waals surface area contributed by atoms with E-state index in [1.807, 2.05) is 42.5 Å². The summed E-state index contributed by atoms with van der Waals surface area (Å²) in [5.41, 5.74) is 4.84. The van der Waals surface area contributed by atoms with Gasteiger partial charge in [-0.15, -0.1) is 21.5 Å². The normalized spacial score (nSPS) is 10.6. The number of rotatable bonds is 5. The quantitative estimate of drug-likeness (QED) is 0.567. The smallest absolute Gasteiger partial charge is 0.275 e. The molecular weight excluding hydrogens is 346 g/mol. The number of H-pyrrole nitrogens is 1. The summed E-state index contributed by atoms with van der Waals surface area (Å²) in [6, 6.07) is 17.6. The number of benzene rings is 2. The van der Waals surface area contributed by atoms with Crippen molar-refractivity contribution >= 4 is 22.9 Å². The first-order valence-electron chi connectivity index (χ1n) is 8.03. The Kier molecular flexibility index (Phi) is 4.53. The average Bonchev–Trinajstić information content (AvgIpc) is 3.35. The Balaban J connectivity index is 1.44. The van der Waals surface area contributed by atoms with E-state index in [1.54, 1.807) is 10.9 Å². The van der Waals surface area contributed by atoms with Gasteiger partial charge in [0.15, 0.2) is 5.82 Å². The lowest BCUT2D eigenvalue weighted by molar-refractivity contribution is 0.102. The molecule has 7 heteroatoms. The maximum absolute atomic E-state index is 12.0. The molecule has 2 N–H and O–H groups in total. The number of hydrogen-bond acceptors (Lipinski definition) is 5. The Morgan fingerprint density at radius 2 is 1.85 bits per heavy atom. The molecule has 0 bridgehead atoms. The highest BCUT2D eigenvalue weighted by molar-refractivity contribution is 7.07. The molecule has 0 spiro atoms. The maximum atomic E-state index is 12.0. The molecule has 0 saturated heterocycles. The van der Waals surface area contributed by atoms with Crippen molar-refractivity contribution in [3.8, 4) is 11.4 Å². The molecule has 26 heavy (non-hydrogen) atoms. The first-order valence-corrected chi connectivity index (χ1v) is 8.98. The summed E-state index contributed by atoms with van der Waals surface area (Å²) in [6.07, 6.45) is 0.704. The highest BCUT2D eigenvalue weighted by atomic mass is 32.1. The number of amides is 1. The van der Waals surface area contributed by atoms with E-state index in [1.165, 1.54) is 16.9 Å². The number of aromatic amines is 1. The molecule has 2 aromatic carbocycles. The van der Waals surface area contributed by atoms with Crippen LogP contribution in [0, 0.1) is 0 Å². The minimum Gasteiger partial charge on any atom is -0.325 e. The Bertz CT molecular complexity index is 994. The Morgan fingerprint density at radius 1 is 1.04 bits per heavy atom. The van der Waals surface area contributed by atoms with Crippen LogP contribution >= 0.6 is 11.3 Å². The number of nitrogens with zero attached hydrogens (tertiary/aromatic N) is 3. The second-order valence-corrected chi connectivity index (χ2v) is 6.41. The minimum absolute atomic E-state index is 0.219. The zero-order chi connectivity index (χ0) is 17.8. The maximum Gasteiger partial charge on any atom is 0.275 e. The number of aromatic nitrogens is 4. The number of nitrogens with one attached hydrogen (secondary N) is 2. The van der Waals surface area contributed by atoms with Gasteiger partial charge in [0.25, 0.3) is 5.91 Å². The van der Waals surface area contributed by atoms with Gasteiger partial charge < -0.3 is 10.3 Å². The van der Waals surface area contributed by atoms with Crippen LogP contribution in [-0.2, 0) is 6.42 Å². The SMILES string of the molecule is O=C(Nc1ccc(-c2nnc(Cc3ccccc3)[nH]2)cc1)c1cscn1. The van der Waals surface area contributed by atoms with Crippen LogP contribution in [0.15, 0.2) is 65.5 Å². The lowest BCUT2D eigenvalue weighted by Gasteiger charge is -2.04. The standard InChI is InChI=1S/C19H15N5OS/c25-19(16-11-26-12-20-16)21-15-8-6-14(7-9-15)18-22-17(23-24-18)10-13-4-2-1-3-5-13/h1-9,11-12H,10H2,(H,21,25)(H,22,23,24). The van der Waals surface area contributed by atoms with Gasteiger partial charge in [-0.1, -0.05) is 30.3 Å². The first kappa shape index (κ1) is 16.2. The zero-order valence-corrected chi connectivity index (χ0v) is 14.5. The van der Waals surface area contributed by atoms with Gasteiger partial charge in [-0.3, -0.25) is 4.79 Å². The van der Waals surface area contributed by atoms with E-state index in [2.05, 4.69) is 37.6 Å². The molecule has 0 fully saturated rings. The number of carbonyl (C=O) groups excluding carboxylic acids is 1. The van der Waals surface area contributed by atoms with Crippen LogP contribution in [0.2, 0.25) is 0 Å². The van der Waals surface area contributed by atoms with Crippen molar-refractivity contribution in [3.05, 3.63) is 82.6 Å². The summed E-state index contributed by atoms with van der Waals surface area (Å²) >= 11 is 1.39. The van der Waals surface area contributed by atoms with Gasteiger partial charge in [0.2, 0.25) is 0 Å². The van der Waals surface area contributed by atoms with Gasteiger partial charge in [0.05, 0.1) is 5.51 Å². The van der Waals surface area contributed by atoms with E-state index in [0.29, 0.717) is 23.6 Å². The molecule has 0 aliphatic carbocycles. The van der Waals surface area contributed by atoms with E-state index in [0.717, 1.165) is 11.4 Å². The molecule has 4 aromatic rings. The van der Waals surface area contributed by atoms with E-state index < -0.39 is 0 Å². The third-order valence-electron chi connectivity index (χ3n) is 3.83. The highest BCUT2D eigenvalue weighted by Gasteiger charge is 2.09. The van der Waals surface area contributed by atoms with E-state index in [-0.39, 0.29) is 5.91 Å². The molecule has 1 amide bonds. The fraction of sp³-hybridized carbons (Fsp3) is 0.0526. The molecule has 128 valence electrons. The average molecular weight is 361 g/mol. The van der Waals surface area contributed by atoms with Gasteiger partial charge in [-0.05, 0) is 29.8 Å². The minimum atomic E-state index is -0.219. The van der Waals surface area contributed by atoms with Gasteiger partial charge in [-0.25, -0.2) is 4.98 Å². The molecular formula is C19H15N5OS. The van der Waals surface area contributed by atoms with Crippen molar-refractivity contribution in [1.29, 1.82) is 0 Å². The summed E-state index contributed by atoms with van der Waals surface area (Å²) in [6.45, 7) is 0. The number of hydrogen-bond donors (Lipinski definition) is 2. The fourth-order valence-electron chi connectivity index (χ4n) is 2.53. The van der Waals surface area contributed by atoms with Gasteiger partial charge >= 0.3 is 0 Å². The molecule has 2 aromatic heterocycles. The van der Waals surface area contributed by atoms with Crippen LogP contribution in [0.5, 0.6) is 0 Å². The summed E-state index contributed by atoms with van der Waals surface area (Å²) in [4.78, 5) is 19.3. The van der Waals surface area contributed by atoms with Crippen LogP contribution in [-0.4, -0.2) is 26.1 Å². The number of anilines is 1. The summed E-state index contributed by atoms with van der Waals surface area (Å²) in [7, 11) is 0. The van der Waals surface area contributed by atoms with E-state index in [4.69, 9.17) is 0 Å². The van der Waals surface area contributed by atoms with Gasteiger partial charge in [0, 0.05) is 23.1 Å². The topological polar surface area (TPSA) is 83.6 Å². The summed E-state index contributed by atoms with van der Waals surface area (Å²) < 4.78 is 0. The van der Waals surface area contributed by atoms with Crippen LogP contribution in [0.25, 0.3) is 11.4 Å². The Hall–Kier alpha value is -3.32. The van der Waals surface area contributed by atoms with E-state index >= 15 is 0 Å². The lowest BCUT2D eigenvalue weighted by atomic mass is 10.1. The Morgan fingerprint density at radius 3 is 2.58 bits per heavy atom. The lowest BCUT2D eigenvalue weighted by Crippen LogP contribution is -2.11. The third kappa shape index (κ3) is 3.68. The number of carbonyl (C=O) groups is 1. The van der Waals surface area contributed by atoms with Crippen LogP contribution < -0.4 is 5.32 Å². The largest absolute Gasteiger partial charge is 0.325 e. The van der Waals surface area contributed by atoms with E-state index in [9.17, 15) is 4.79 Å². The molecule has 0 saturated carbocycles. The Labute approximate surface area is 154 Å². The monoisotopic (exact) mass is 361 g/mol. The van der Waals surface area contributed by atoms with Crippen molar-refractivity contribution < 1.29 is 4.79 Å². The predicted molar refractivity (Wildman–Crippen MR) is 101 cm³/mol. The van der Waals surface area contributed by atoms with Gasteiger partial charge in [0.1, 0.15) is 11.5 Å². The molecule has 0 aliphatic heterocycles. The van der Waals surface area contributed by atoms with Gasteiger partial charge in [-0.2, -0.15) is 0 Å². The van der Waals surface area contributed by atoms with Crippen LogP contribution in [0.4, 0.5) is 5.69 Å². The molecule has 4 rings (SSSR count). The summed E-state index contributed by atoms with van der Waals surface area (Å²) in [5, 5.41) is 13.0. The van der Waals surface area contributed by atoms with Crippen molar-refractivity contribution in [2.75, 3.05) is 5.32 Å². The van der Waals surface area contributed by atoms with Crippen molar-refractivity contribution in [2.24, 2.45) is 0 Å². The van der Waals surface area contributed by atoms with Crippen molar-refractivity contribution in [1.82, 2.24) is 20.2 Å². The number of thiazole rings is 1. The van der Waals surface area contributed by atoms with Crippen LogP contribution in [0.3, 0.4) is 0 Å². The first-order chi connectivity index (χ1) is 12.8. The van der Waals surface area contributed by atoms with Crippen molar-refractivity contribution in [3.63, 3.8) is 0 Å². The predicted octanol–water partition coefficient (Wildman–Crippen LogP) is 3.77. The third-order valence-corrected chi connectivity index (χ3v) is 4.42. The zero-order valence-electron chi connectivity index (χ0n) is 13.7. The highest BCUT2D eigenvalue weighted by Crippen LogP contribution is 2.19. The molecule has 6 nitrogen and oxygen atoms in total. The summed E-state index contributed by atoms with van der Waals surface area (Å²) in [5.74, 6) is 1.30. The fourth-order valence-corrected chi connectivity index (χ4v) is 3.06. The second kappa shape index (κ2) is 7.28. The molecule has 0 aliphatic rings. The molecule has 0 unspecified atom stereocenters. The second-order valence-electron chi connectivity index (χ2n) is 5.69. The molecule has 2 heterocycles. The van der Waals surface area contributed by atoms with Crippen molar-refractivity contribution in [2.45, 2.75) is 6.42 Å².